The molecule has 4 rings (SSSR count). The number of carbonyl (C=O) groups is 1. The fraction of sp³-hybridized carbons (Fsp3) is 0.240. The molecule has 0 unspecified atom stereocenters. The second kappa shape index (κ2) is 9.15. The van der Waals surface area contributed by atoms with Gasteiger partial charge in [-0.2, -0.15) is 0 Å². The van der Waals surface area contributed by atoms with Crippen molar-refractivity contribution in [3.05, 3.63) is 83.9 Å². The zero-order chi connectivity index (χ0) is 23.6. The van der Waals surface area contributed by atoms with Gasteiger partial charge in [0, 0.05) is 0 Å². The molecule has 0 radical (unpaired) electrons. The zero-order valence-electron chi connectivity index (χ0n) is 18.7. The highest BCUT2D eigenvalue weighted by molar-refractivity contribution is 7.92. The number of benzene rings is 3. The molecule has 1 heterocycles. The van der Waals surface area contributed by atoms with Crippen molar-refractivity contribution in [2.75, 3.05) is 18.0 Å². The summed E-state index contributed by atoms with van der Waals surface area (Å²) in [5.41, 5.74) is 2.24. The summed E-state index contributed by atoms with van der Waals surface area (Å²) in [7, 11) is -2.42. The van der Waals surface area contributed by atoms with E-state index in [4.69, 9.17) is 9.47 Å². The maximum Gasteiger partial charge on any atom is 0.264 e. The predicted octanol–water partition coefficient (Wildman–Crippen LogP) is 3.84. The van der Waals surface area contributed by atoms with Gasteiger partial charge < -0.3 is 14.8 Å². The first-order valence-corrected chi connectivity index (χ1v) is 12.0. The first-order chi connectivity index (χ1) is 15.8. The van der Waals surface area contributed by atoms with Crippen LogP contribution < -0.4 is 19.1 Å². The minimum absolute atomic E-state index is 0.105. The molecule has 0 bridgehead atoms. The second-order valence-electron chi connectivity index (χ2n) is 7.93. The molecule has 8 heteroatoms. The second-order valence-corrected chi connectivity index (χ2v) is 9.79. The van der Waals surface area contributed by atoms with Gasteiger partial charge in [0.1, 0.15) is 11.5 Å². The topological polar surface area (TPSA) is 84.9 Å². The molecule has 33 heavy (non-hydrogen) atoms. The van der Waals surface area contributed by atoms with Crippen molar-refractivity contribution in [3.63, 3.8) is 0 Å². The molecule has 0 fully saturated rings. The van der Waals surface area contributed by atoms with Crippen molar-refractivity contribution in [2.24, 2.45) is 0 Å². The highest BCUT2D eigenvalue weighted by Gasteiger charge is 2.38. The Kier molecular flexibility index (Phi) is 6.29. The van der Waals surface area contributed by atoms with E-state index in [-0.39, 0.29) is 23.4 Å². The number of hydrogen-bond acceptors (Lipinski definition) is 5. The highest BCUT2D eigenvalue weighted by atomic mass is 32.2. The summed E-state index contributed by atoms with van der Waals surface area (Å²) >= 11 is 0. The molecule has 1 N–H and O–H groups in total. The van der Waals surface area contributed by atoms with Crippen LogP contribution in [0.1, 0.15) is 24.1 Å². The average molecular weight is 467 g/mol. The average Bonchev–Trinajstić information content (AvgIpc) is 2.83. The summed E-state index contributed by atoms with van der Waals surface area (Å²) in [6.45, 7) is 3.62. The van der Waals surface area contributed by atoms with Gasteiger partial charge in [-0.25, -0.2) is 8.42 Å². The molecule has 1 aliphatic rings. The van der Waals surface area contributed by atoms with Crippen LogP contribution in [0.4, 0.5) is 5.69 Å². The third-order valence-electron chi connectivity index (χ3n) is 5.58. The number of hydrogen-bond donors (Lipinski definition) is 1. The Morgan fingerprint density at radius 3 is 2.45 bits per heavy atom. The van der Waals surface area contributed by atoms with E-state index in [1.807, 2.05) is 50.2 Å². The van der Waals surface area contributed by atoms with E-state index < -0.39 is 16.1 Å². The summed E-state index contributed by atoms with van der Waals surface area (Å²) in [6, 6.07) is 20.7. The Balaban J connectivity index is 1.65. The van der Waals surface area contributed by atoms with Gasteiger partial charge in [0.25, 0.3) is 15.9 Å². The van der Waals surface area contributed by atoms with Crippen molar-refractivity contribution < 1.29 is 22.7 Å². The molecule has 7 nitrogen and oxygen atoms in total. The predicted molar refractivity (Wildman–Crippen MR) is 126 cm³/mol. The Hall–Kier alpha value is -3.52. The van der Waals surface area contributed by atoms with E-state index in [2.05, 4.69) is 5.32 Å². The molecule has 172 valence electrons. The minimum Gasteiger partial charge on any atom is -0.497 e. The van der Waals surface area contributed by atoms with Gasteiger partial charge in [-0.3, -0.25) is 9.10 Å². The number of amides is 1. The number of carbonyl (C=O) groups excluding carboxylic acids is 1. The number of fused-ring (bicyclic) bond motifs is 1. The summed E-state index contributed by atoms with van der Waals surface area (Å²) in [4.78, 5) is 13.2. The fourth-order valence-electron chi connectivity index (χ4n) is 3.73. The third kappa shape index (κ3) is 4.66. The molecule has 0 aliphatic carbocycles. The maximum atomic E-state index is 13.5. The Morgan fingerprint density at radius 1 is 1.09 bits per heavy atom. The van der Waals surface area contributed by atoms with Gasteiger partial charge in [-0.1, -0.05) is 36.4 Å². The van der Waals surface area contributed by atoms with Crippen LogP contribution in [0.3, 0.4) is 0 Å². The SMILES string of the molecule is COc1ccc(S(=O)(=O)N2C[C@H](C(=O)N[C@H](C)c3ccccc3)Oc3cc(C)ccc32)cc1. The highest BCUT2D eigenvalue weighted by Crippen LogP contribution is 2.38. The third-order valence-corrected chi connectivity index (χ3v) is 7.38. The molecule has 0 saturated carbocycles. The van der Waals surface area contributed by atoms with Crippen LogP contribution in [0, 0.1) is 6.92 Å². The fourth-order valence-corrected chi connectivity index (χ4v) is 5.21. The lowest BCUT2D eigenvalue weighted by molar-refractivity contribution is -0.128. The lowest BCUT2D eigenvalue weighted by Gasteiger charge is -2.35. The summed E-state index contributed by atoms with van der Waals surface area (Å²) in [5.74, 6) is 0.526. The van der Waals surface area contributed by atoms with Gasteiger partial charge in [0.15, 0.2) is 6.10 Å². The molecular weight excluding hydrogens is 440 g/mol. The largest absolute Gasteiger partial charge is 0.497 e. The van der Waals surface area contributed by atoms with Crippen LogP contribution in [0.2, 0.25) is 0 Å². The van der Waals surface area contributed by atoms with Crippen LogP contribution >= 0.6 is 0 Å². The summed E-state index contributed by atoms with van der Waals surface area (Å²) in [6.07, 6.45) is -1.00. The standard InChI is InChI=1S/C25H26N2O5S/c1-17-9-14-22-23(15-17)32-24(25(28)26-18(2)19-7-5-4-6-8-19)16-27(22)33(29,30)21-12-10-20(31-3)11-13-21/h4-15,18,24H,16H2,1-3H3,(H,26,28)/t18-,24-/m1/s1. The van der Waals surface area contributed by atoms with Crippen LogP contribution in [-0.2, 0) is 14.8 Å². The quantitative estimate of drug-likeness (QED) is 0.597. The van der Waals surface area contributed by atoms with E-state index in [9.17, 15) is 13.2 Å². The number of ether oxygens (including phenoxy) is 2. The Bertz CT molecular complexity index is 1240. The van der Waals surface area contributed by atoms with Crippen molar-refractivity contribution in [1.29, 1.82) is 0 Å². The van der Waals surface area contributed by atoms with Gasteiger partial charge in [0.2, 0.25) is 0 Å². The van der Waals surface area contributed by atoms with Crippen molar-refractivity contribution >= 4 is 21.6 Å². The van der Waals surface area contributed by atoms with Crippen molar-refractivity contribution in [1.82, 2.24) is 5.32 Å². The number of rotatable bonds is 6. The normalized spacial score (nSPS) is 16.3. The number of nitrogens with one attached hydrogen (secondary N) is 1. The van der Waals surface area contributed by atoms with E-state index in [0.717, 1.165) is 11.1 Å². The molecule has 0 saturated heterocycles. The van der Waals surface area contributed by atoms with Crippen LogP contribution in [-0.4, -0.2) is 34.1 Å². The Labute approximate surface area is 194 Å². The number of sulfonamides is 1. The maximum absolute atomic E-state index is 13.5. The van der Waals surface area contributed by atoms with Crippen molar-refractivity contribution in [2.45, 2.75) is 30.9 Å². The number of nitrogens with zero attached hydrogens (tertiary/aromatic N) is 1. The smallest absolute Gasteiger partial charge is 0.264 e. The summed E-state index contributed by atoms with van der Waals surface area (Å²) in [5, 5.41) is 2.94. The van der Waals surface area contributed by atoms with E-state index in [1.54, 1.807) is 24.3 Å². The molecule has 3 aromatic carbocycles. The van der Waals surface area contributed by atoms with E-state index >= 15 is 0 Å². The molecule has 1 amide bonds. The monoisotopic (exact) mass is 466 g/mol. The lowest BCUT2D eigenvalue weighted by Crippen LogP contribution is -2.51. The molecule has 0 spiro atoms. The van der Waals surface area contributed by atoms with E-state index in [1.165, 1.54) is 23.5 Å². The number of aryl methyl sites for hydroxylation is 1. The summed E-state index contributed by atoms with van der Waals surface area (Å²) < 4.78 is 39.4. The number of methoxy groups -OCH3 is 1. The van der Waals surface area contributed by atoms with Crippen LogP contribution in [0.15, 0.2) is 77.7 Å². The minimum atomic E-state index is -3.94. The molecule has 0 aromatic heterocycles. The first-order valence-electron chi connectivity index (χ1n) is 10.6. The van der Waals surface area contributed by atoms with Gasteiger partial charge in [-0.15, -0.1) is 0 Å². The van der Waals surface area contributed by atoms with Gasteiger partial charge in [0.05, 0.1) is 30.3 Å². The van der Waals surface area contributed by atoms with Gasteiger partial charge in [-0.05, 0) is 61.4 Å². The molecular formula is C25H26N2O5S. The van der Waals surface area contributed by atoms with Crippen LogP contribution in [0.5, 0.6) is 11.5 Å². The van der Waals surface area contributed by atoms with Crippen molar-refractivity contribution in [3.8, 4) is 11.5 Å². The molecule has 1 aliphatic heterocycles. The van der Waals surface area contributed by atoms with Gasteiger partial charge >= 0.3 is 0 Å². The lowest BCUT2D eigenvalue weighted by atomic mass is 10.1. The Morgan fingerprint density at radius 2 is 1.79 bits per heavy atom. The number of anilines is 1. The van der Waals surface area contributed by atoms with Crippen LogP contribution in [0.25, 0.3) is 0 Å². The molecule has 3 aromatic rings. The van der Waals surface area contributed by atoms with E-state index in [0.29, 0.717) is 17.2 Å². The first kappa shape index (κ1) is 22.7. The molecule has 2 atom stereocenters. The zero-order valence-corrected chi connectivity index (χ0v) is 19.5.